The minimum atomic E-state index is 0.0395. The number of nitrogens with zero attached hydrogens (tertiary/aromatic N) is 4. The summed E-state index contributed by atoms with van der Waals surface area (Å²) in [6, 6.07) is 17.5. The van der Waals surface area contributed by atoms with E-state index < -0.39 is 0 Å². The van der Waals surface area contributed by atoms with Gasteiger partial charge >= 0.3 is 0 Å². The monoisotopic (exact) mass is 402 g/mol. The fraction of sp³-hybridized carbons (Fsp3) is 0.333. The third kappa shape index (κ3) is 3.08. The molecule has 2 aromatic heterocycles. The molecule has 0 N–H and O–H groups in total. The Bertz CT molecular complexity index is 1090. The first kappa shape index (κ1) is 18.5. The van der Waals surface area contributed by atoms with Crippen LogP contribution in [0.2, 0.25) is 0 Å². The molecule has 148 valence electrons. The summed E-state index contributed by atoms with van der Waals surface area (Å²) in [5, 5.41) is 1.74. The van der Waals surface area contributed by atoms with Gasteiger partial charge in [-0.15, -0.1) is 0 Å². The van der Waals surface area contributed by atoms with E-state index in [0.29, 0.717) is 5.25 Å². The second-order valence-electron chi connectivity index (χ2n) is 8.14. The smallest absolute Gasteiger partial charge is 0.160 e. The molecule has 5 heteroatoms. The van der Waals surface area contributed by atoms with Gasteiger partial charge in [-0.05, 0) is 62.2 Å². The zero-order chi connectivity index (χ0) is 20.1. The van der Waals surface area contributed by atoms with Gasteiger partial charge in [-0.2, -0.15) is 0 Å². The van der Waals surface area contributed by atoms with E-state index in [9.17, 15) is 0 Å². The highest BCUT2D eigenvalue weighted by Crippen LogP contribution is 2.48. The summed E-state index contributed by atoms with van der Waals surface area (Å²) >= 11 is 1.89. The predicted octanol–water partition coefficient (Wildman–Crippen LogP) is 5.39. The van der Waals surface area contributed by atoms with Gasteiger partial charge in [-0.3, -0.25) is 9.98 Å². The van der Waals surface area contributed by atoms with Gasteiger partial charge in [0.2, 0.25) is 0 Å². The molecular formula is C24H26N4S. The van der Waals surface area contributed by atoms with Crippen LogP contribution in [0.1, 0.15) is 47.2 Å². The molecule has 2 aliphatic rings. The van der Waals surface area contributed by atoms with Crippen LogP contribution in [0.4, 0.5) is 0 Å². The normalized spacial score (nSPS) is 23.4. The molecule has 3 aromatic rings. The molecule has 4 nitrogen and oxygen atoms in total. The van der Waals surface area contributed by atoms with E-state index in [4.69, 9.17) is 4.99 Å². The number of fused-ring (bicyclic) bond motifs is 1. The third-order valence-electron chi connectivity index (χ3n) is 5.93. The molecule has 3 unspecified atom stereocenters. The lowest BCUT2D eigenvalue weighted by molar-refractivity contribution is 0.320. The number of hydrogen-bond acceptors (Lipinski definition) is 4. The van der Waals surface area contributed by atoms with Gasteiger partial charge in [-0.1, -0.05) is 36.9 Å². The first-order valence-electron chi connectivity index (χ1n) is 10.2. The van der Waals surface area contributed by atoms with Gasteiger partial charge in [0.15, 0.2) is 5.17 Å². The van der Waals surface area contributed by atoms with Crippen molar-refractivity contribution < 1.29 is 0 Å². The Labute approximate surface area is 176 Å². The van der Waals surface area contributed by atoms with Crippen molar-refractivity contribution in [1.29, 1.82) is 0 Å². The van der Waals surface area contributed by atoms with Crippen LogP contribution in [0, 0.1) is 20.8 Å². The molecule has 1 saturated heterocycles. The number of hydrogen-bond donors (Lipinski definition) is 0. The number of pyridine rings is 1. The average molecular weight is 403 g/mol. The summed E-state index contributed by atoms with van der Waals surface area (Å²) in [5.74, 6) is 0. The van der Waals surface area contributed by atoms with Gasteiger partial charge in [0.1, 0.15) is 6.04 Å². The molecule has 2 aliphatic heterocycles. The Morgan fingerprint density at radius 2 is 1.90 bits per heavy atom. The van der Waals surface area contributed by atoms with Crippen LogP contribution >= 0.6 is 11.8 Å². The van der Waals surface area contributed by atoms with E-state index >= 15 is 0 Å². The van der Waals surface area contributed by atoms with E-state index in [-0.39, 0.29) is 12.1 Å². The Kier molecular flexibility index (Phi) is 4.50. The molecule has 4 heterocycles. The van der Waals surface area contributed by atoms with E-state index in [2.05, 4.69) is 84.6 Å². The molecule has 29 heavy (non-hydrogen) atoms. The Morgan fingerprint density at radius 1 is 1.03 bits per heavy atom. The number of aromatic nitrogens is 2. The third-order valence-corrected chi connectivity index (χ3v) is 7.03. The van der Waals surface area contributed by atoms with Gasteiger partial charge in [0, 0.05) is 35.1 Å². The average Bonchev–Trinajstić information content (AvgIpc) is 3.32. The minimum Gasteiger partial charge on any atom is -0.341 e. The van der Waals surface area contributed by atoms with Crippen LogP contribution in [0.15, 0.2) is 59.7 Å². The maximum atomic E-state index is 5.13. The van der Waals surface area contributed by atoms with Crippen molar-refractivity contribution in [2.75, 3.05) is 6.54 Å². The Morgan fingerprint density at radius 3 is 2.66 bits per heavy atom. The Hall–Kier alpha value is -2.53. The molecule has 0 aliphatic carbocycles. The lowest BCUT2D eigenvalue weighted by Gasteiger charge is -2.27. The summed E-state index contributed by atoms with van der Waals surface area (Å²) in [5.41, 5.74) is 7.46. The lowest BCUT2D eigenvalue weighted by atomic mass is 9.96. The molecule has 0 radical (unpaired) electrons. The molecule has 1 fully saturated rings. The molecule has 0 bridgehead atoms. The number of aryl methyl sites for hydroxylation is 2. The standard InChI is InChI=1S/C24H26N4S/c1-15-8-7-9-19(12-15)28-16(2)13-20(18(28)4)23-22(21-10-5-6-11-25-21)26-24-27(23)14-17(3)29-24/h5-13,17,22-23H,14H2,1-4H3. The fourth-order valence-corrected chi connectivity index (χ4v) is 5.80. The van der Waals surface area contributed by atoms with Crippen molar-refractivity contribution in [3.63, 3.8) is 0 Å². The van der Waals surface area contributed by atoms with Gasteiger partial charge in [-0.25, -0.2) is 0 Å². The summed E-state index contributed by atoms with van der Waals surface area (Å²) in [7, 11) is 0. The van der Waals surface area contributed by atoms with Crippen molar-refractivity contribution in [3.8, 4) is 5.69 Å². The summed E-state index contributed by atoms with van der Waals surface area (Å²) in [6.45, 7) is 9.91. The van der Waals surface area contributed by atoms with Gasteiger partial charge in [0.05, 0.1) is 11.7 Å². The van der Waals surface area contributed by atoms with Crippen LogP contribution in [0.25, 0.3) is 5.69 Å². The van der Waals surface area contributed by atoms with E-state index in [1.54, 1.807) is 0 Å². The topological polar surface area (TPSA) is 33.4 Å². The number of aliphatic imine (C=N–C) groups is 1. The number of benzene rings is 1. The highest BCUT2D eigenvalue weighted by molar-refractivity contribution is 8.14. The molecule has 5 rings (SSSR count). The van der Waals surface area contributed by atoms with Crippen molar-refractivity contribution in [2.24, 2.45) is 4.99 Å². The van der Waals surface area contributed by atoms with Gasteiger partial charge < -0.3 is 9.47 Å². The second-order valence-corrected chi connectivity index (χ2v) is 9.54. The Balaban J connectivity index is 1.63. The second kappa shape index (κ2) is 7.06. The molecule has 0 spiro atoms. The summed E-state index contributed by atoms with van der Waals surface area (Å²) in [4.78, 5) is 12.3. The van der Waals surface area contributed by atoms with Crippen molar-refractivity contribution >= 4 is 16.9 Å². The zero-order valence-corrected chi connectivity index (χ0v) is 18.1. The lowest BCUT2D eigenvalue weighted by Crippen LogP contribution is -2.28. The van der Waals surface area contributed by atoms with Crippen LogP contribution in [0.5, 0.6) is 0 Å². The number of thioether (sulfide) groups is 1. The quantitative estimate of drug-likeness (QED) is 0.589. The number of amidine groups is 1. The maximum absolute atomic E-state index is 5.13. The molecule has 1 aromatic carbocycles. The van der Waals surface area contributed by atoms with Crippen LogP contribution < -0.4 is 0 Å². The predicted molar refractivity (Wildman–Crippen MR) is 121 cm³/mol. The zero-order valence-electron chi connectivity index (χ0n) is 17.3. The van der Waals surface area contributed by atoms with Crippen LogP contribution in [-0.4, -0.2) is 31.4 Å². The van der Waals surface area contributed by atoms with Crippen molar-refractivity contribution in [2.45, 2.75) is 45.0 Å². The van der Waals surface area contributed by atoms with Crippen LogP contribution in [0.3, 0.4) is 0 Å². The van der Waals surface area contributed by atoms with Crippen molar-refractivity contribution in [1.82, 2.24) is 14.5 Å². The largest absolute Gasteiger partial charge is 0.341 e. The minimum absolute atomic E-state index is 0.0395. The van der Waals surface area contributed by atoms with Gasteiger partial charge in [0.25, 0.3) is 0 Å². The molecule has 0 amide bonds. The highest BCUT2D eigenvalue weighted by atomic mass is 32.2. The SMILES string of the molecule is Cc1cccc(-n2c(C)cc(C3C(c4ccccn4)N=C4SC(C)CN43)c2C)c1. The molecule has 0 saturated carbocycles. The maximum Gasteiger partial charge on any atom is 0.160 e. The number of rotatable bonds is 3. The fourth-order valence-electron chi connectivity index (χ4n) is 4.71. The van der Waals surface area contributed by atoms with E-state index in [0.717, 1.165) is 12.2 Å². The molecular weight excluding hydrogens is 376 g/mol. The highest BCUT2D eigenvalue weighted by Gasteiger charge is 2.44. The van der Waals surface area contributed by atoms with E-state index in [1.807, 2.05) is 24.0 Å². The van der Waals surface area contributed by atoms with Crippen molar-refractivity contribution in [3.05, 3.63) is 82.9 Å². The first-order valence-corrected chi connectivity index (χ1v) is 11.1. The summed E-state index contributed by atoms with van der Waals surface area (Å²) < 4.78 is 2.38. The first-order chi connectivity index (χ1) is 14.0. The van der Waals surface area contributed by atoms with E-state index in [1.165, 1.54) is 33.4 Å². The van der Waals surface area contributed by atoms with Crippen LogP contribution in [-0.2, 0) is 0 Å². The molecule has 3 atom stereocenters. The summed E-state index contributed by atoms with van der Waals surface area (Å²) in [6.07, 6.45) is 1.88.